The van der Waals surface area contributed by atoms with Gasteiger partial charge in [0.15, 0.2) is 0 Å². The Morgan fingerprint density at radius 2 is 1.50 bits per heavy atom. The first kappa shape index (κ1) is 16.1. The molecule has 3 aliphatic heterocycles. The van der Waals surface area contributed by atoms with E-state index in [0.717, 1.165) is 38.3 Å². The summed E-state index contributed by atoms with van der Waals surface area (Å²) >= 11 is 0. The van der Waals surface area contributed by atoms with Gasteiger partial charge in [0.25, 0.3) is 0 Å². The van der Waals surface area contributed by atoms with Gasteiger partial charge < -0.3 is 4.90 Å². The van der Waals surface area contributed by atoms with Crippen LogP contribution in [-0.2, 0) is 16.4 Å². The van der Waals surface area contributed by atoms with Crippen molar-refractivity contribution < 1.29 is 8.42 Å². The first-order valence-electron chi connectivity index (χ1n) is 9.18. The van der Waals surface area contributed by atoms with Crippen LogP contribution < -0.4 is 0 Å². The second-order valence-electron chi connectivity index (χ2n) is 7.63. The molecule has 3 heterocycles. The van der Waals surface area contributed by atoms with Crippen molar-refractivity contribution >= 4 is 15.9 Å². The number of nitrogens with zero attached hydrogens (tertiary/aromatic N) is 2. The lowest BCUT2D eigenvalue weighted by Gasteiger charge is -2.23. The largest absolute Gasteiger partial charge is 0.361 e. The third-order valence-electron chi connectivity index (χ3n) is 5.89. The van der Waals surface area contributed by atoms with Gasteiger partial charge in [0.1, 0.15) is 5.03 Å². The van der Waals surface area contributed by atoms with Crippen LogP contribution in [0.5, 0.6) is 0 Å². The monoisotopic (exact) mass is 366 g/mol. The van der Waals surface area contributed by atoms with Crippen molar-refractivity contribution in [3.8, 4) is 0 Å². The van der Waals surface area contributed by atoms with E-state index in [-0.39, 0.29) is 0 Å². The molecule has 0 N–H and O–H groups in total. The predicted molar refractivity (Wildman–Crippen MR) is 102 cm³/mol. The van der Waals surface area contributed by atoms with Crippen LogP contribution in [-0.4, -0.2) is 44.4 Å². The van der Waals surface area contributed by atoms with Crippen molar-refractivity contribution in [1.29, 1.82) is 0 Å². The molecular weight excluding hydrogens is 344 g/mol. The van der Waals surface area contributed by atoms with Gasteiger partial charge >= 0.3 is 0 Å². The maximum absolute atomic E-state index is 12.9. The number of fused-ring (bicyclic) bond motifs is 2. The maximum atomic E-state index is 12.9. The standard InChI is InChI=1S/C21H22N2O2S/c24-26(25)20-9-5-4-8-17(20)10-21(26)23-14-18-12-22(13-19(18)15-23)11-16-6-2-1-3-7-16/h1-10,18-19H,11-15H2. The van der Waals surface area contributed by atoms with Crippen molar-refractivity contribution in [3.63, 3.8) is 0 Å². The Morgan fingerprint density at radius 3 is 2.19 bits per heavy atom. The van der Waals surface area contributed by atoms with Crippen molar-refractivity contribution in [1.82, 2.24) is 9.80 Å². The van der Waals surface area contributed by atoms with Crippen LogP contribution in [0.1, 0.15) is 11.1 Å². The van der Waals surface area contributed by atoms with Gasteiger partial charge in [-0.25, -0.2) is 8.42 Å². The number of hydrogen-bond donors (Lipinski definition) is 0. The Kier molecular flexibility index (Phi) is 3.69. The molecule has 5 heteroatoms. The number of benzene rings is 2. The maximum Gasteiger partial charge on any atom is 0.222 e. The van der Waals surface area contributed by atoms with Gasteiger partial charge in [-0.3, -0.25) is 4.90 Å². The molecule has 2 aromatic rings. The summed E-state index contributed by atoms with van der Waals surface area (Å²) in [6, 6.07) is 17.9. The molecule has 4 nitrogen and oxygen atoms in total. The van der Waals surface area contributed by atoms with Gasteiger partial charge in [-0.05, 0) is 35.1 Å². The highest BCUT2D eigenvalue weighted by Crippen LogP contribution is 2.40. The number of likely N-dealkylation sites (tertiary alicyclic amines) is 2. The molecule has 2 aromatic carbocycles. The molecule has 2 atom stereocenters. The third-order valence-corrected chi connectivity index (χ3v) is 7.76. The Morgan fingerprint density at radius 1 is 0.846 bits per heavy atom. The predicted octanol–water partition coefficient (Wildman–Crippen LogP) is 2.84. The molecule has 0 aliphatic carbocycles. The Hall–Kier alpha value is -2.11. The summed E-state index contributed by atoms with van der Waals surface area (Å²) in [5, 5.41) is 0.503. The highest BCUT2D eigenvalue weighted by Gasteiger charge is 2.44. The van der Waals surface area contributed by atoms with Crippen molar-refractivity contribution in [2.45, 2.75) is 11.4 Å². The van der Waals surface area contributed by atoms with Crippen LogP contribution in [0.15, 0.2) is 64.5 Å². The topological polar surface area (TPSA) is 40.6 Å². The number of rotatable bonds is 3. The van der Waals surface area contributed by atoms with E-state index in [9.17, 15) is 8.42 Å². The van der Waals surface area contributed by atoms with E-state index >= 15 is 0 Å². The molecule has 0 aromatic heterocycles. The molecule has 2 saturated heterocycles. The first-order valence-corrected chi connectivity index (χ1v) is 10.7. The van der Waals surface area contributed by atoms with Crippen molar-refractivity contribution in [3.05, 3.63) is 70.8 Å². The lowest BCUT2D eigenvalue weighted by Crippen LogP contribution is -2.30. The highest BCUT2D eigenvalue weighted by atomic mass is 32.2. The molecule has 0 amide bonds. The lowest BCUT2D eigenvalue weighted by molar-refractivity contribution is 0.279. The van der Waals surface area contributed by atoms with Gasteiger partial charge in [-0.1, -0.05) is 48.5 Å². The zero-order chi connectivity index (χ0) is 17.7. The van der Waals surface area contributed by atoms with E-state index in [1.807, 2.05) is 24.3 Å². The molecule has 3 aliphatic rings. The van der Waals surface area contributed by atoms with E-state index in [4.69, 9.17) is 0 Å². The first-order chi connectivity index (χ1) is 12.6. The zero-order valence-electron chi connectivity index (χ0n) is 14.6. The van der Waals surface area contributed by atoms with Crippen LogP contribution in [0, 0.1) is 11.8 Å². The summed E-state index contributed by atoms with van der Waals surface area (Å²) < 4.78 is 25.8. The fourth-order valence-corrected chi connectivity index (χ4v) is 6.36. The Balaban J connectivity index is 1.29. The quantitative estimate of drug-likeness (QED) is 0.838. The molecule has 0 bridgehead atoms. The third kappa shape index (κ3) is 2.58. The molecule has 2 fully saturated rings. The summed E-state index contributed by atoms with van der Waals surface area (Å²) in [7, 11) is -3.35. The van der Waals surface area contributed by atoms with Gasteiger partial charge in [-0.2, -0.15) is 0 Å². The average Bonchev–Trinajstić information content (AvgIpc) is 3.26. The van der Waals surface area contributed by atoms with E-state index < -0.39 is 9.84 Å². The number of sulfone groups is 1. The normalized spacial score (nSPS) is 26.6. The van der Waals surface area contributed by atoms with E-state index in [2.05, 4.69) is 34.1 Å². The Bertz CT molecular complexity index is 955. The van der Waals surface area contributed by atoms with Crippen LogP contribution >= 0.6 is 0 Å². The molecule has 2 unspecified atom stereocenters. The van der Waals surface area contributed by atoms with Crippen molar-refractivity contribution in [2.75, 3.05) is 26.2 Å². The van der Waals surface area contributed by atoms with E-state index in [1.54, 1.807) is 12.1 Å². The van der Waals surface area contributed by atoms with Crippen LogP contribution in [0.2, 0.25) is 0 Å². The van der Waals surface area contributed by atoms with Crippen LogP contribution in [0.4, 0.5) is 0 Å². The van der Waals surface area contributed by atoms with Gasteiger partial charge in [0, 0.05) is 32.7 Å². The SMILES string of the molecule is O=S1(=O)C(N2CC3CN(Cc4ccccc4)CC3C2)=Cc2ccccc21. The highest BCUT2D eigenvalue weighted by molar-refractivity contribution is 7.95. The summed E-state index contributed by atoms with van der Waals surface area (Å²) in [4.78, 5) is 5.07. The fourth-order valence-electron chi connectivity index (χ4n) is 4.67. The summed E-state index contributed by atoms with van der Waals surface area (Å²) in [6.07, 6.45) is 1.85. The molecular formula is C21H22N2O2S. The molecule has 0 radical (unpaired) electrons. The smallest absolute Gasteiger partial charge is 0.222 e. The minimum absolute atomic E-state index is 0.456. The number of hydrogen-bond acceptors (Lipinski definition) is 4. The van der Waals surface area contributed by atoms with Crippen molar-refractivity contribution in [2.24, 2.45) is 11.8 Å². The zero-order valence-corrected chi connectivity index (χ0v) is 15.4. The molecule has 26 heavy (non-hydrogen) atoms. The Labute approximate surface area is 154 Å². The van der Waals surface area contributed by atoms with Crippen LogP contribution in [0.25, 0.3) is 6.08 Å². The fraction of sp³-hybridized carbons (Fsp3) is 0.333. The average molecular weight is 366 g/mol. The molecule has 0 spiro atoms. The molecule has 134 valence electrons. The van der Waals surface area contributed by atoms with E-state index in [0.29, 0.717) is 21.8 Å². The van der Waals surface area contributed by atoms with Gasteiger partial charge in [0.2, 0.25) is 9.84 Å². The second kappa shape index (κ2) is 5.96. The molecule has 5 rings (SSSR count). The minimum atomic E-state index is -3.35. The second-order valence-corrected chi connectivity index (χ2v) is 9.49. The van der Waals surface area contributed by atoms with Gasteiger partial charge in [-0.15, -0.1) is 0 Å². The summed E-state index contributed by atoms with van der Waals surface area (Å²) in [5.74, 6) is 1.11. The lowest BCUT2D eigenvalue weighted by atomic mass is 10.0. The summed E-state index contributed by atoms with van der Waals surface area (Å²) in [5.41, 5.74) is 2.17. The van der Waals surface area contributed by atoms with E-state index in [1.165, 1.54) is 5.56 Å². The van der Waals surface area contributed by atoms with Gasteiger partial charge in [0.05, 0.1) is 4.90 Å². The van der Waals surface area contributed by atoms with Crippen LogP contribution in [0.3, 0.4) is 0 Å². The minimum Gasteiger partial charge on any atom is -0.361 e. The molecule has 0 saturated carbocycles. The summed E-state index contributed by atoms with van der Waals surface area (Å²) in [6.45, 7) is 4.77.